The van der Waals surface area contributed by atoms with Gasteiger partial charge in [0.1, 0.15) is 13.2 Å². The summed E-state index contributed by atoms with van der Waals surface area (Å²) in [6.45, 7) is 6.56. The van der Waals surface area contributed by atoms with Crippen LogP contribution in [0.4, 0.5) is 0 Å². The first-order chi connectivity index (χ1) is 20.0. The maximum Gasteiger partial charge on any atom is 0.340 e. The minimum absolute atomic E-state index is 0.0357. The fourth-order valence-corrected chi connectivity index (χ4v) is 5.14. The van der Waals surface area contributed by atoms with Gasteiger partial charge < -0.3 is 40.7 Å². The lowest BCUT2D eigenvalue weighted by Gasteiger charge is -2.26. The quantitative estimate of drug-likeness (QED) is 0.0982. The van der Waals surface area contributed by atoms with Gasteiger partial charge in [0.15, 0.2) is 6.10 Å². The highest BCUT2D eigenvalue weighted by molar-refractivity contribution is 5.89. The molecule has 3 aromatic rings. The number of hydrogen-bond donors (Lipinski definition) is 6. The molecule has 0 radical (unpaired) electrons. The maximum atomic E-state index is 13.5. The molecule has 0 spiro atoms. The van der Waals surface area contributed by atoms with Crippen molar-refractivity contribution >= 4 is 22.8 Å². The summed E-state index contributed by atoms with van der Waals surface area (Å²) in [4.78, 5) is 42.0. The molecular weight excluding hydrogens is 544 g/mol. The third-order valence-corrected chi connectivity index (χ3v) is 7.50. The van der Waals surface area contributed by atoms with Gasteiger partial charge in [0, 0.05) is 16.5 Å². The van der Waals surface area contributed by atoms with Crippen LogP contribution in [0.5, 0.6) is 0 Å². The number of amides is 1. The Hall–Kier alpha value is -4.30. The fourth-order valence-electron chi connectivity index (χ4n) is 5.14. The number of hydrazine groups is 1. The molecule has 1 aromatic carbocycles. The average Bonchev–Trinajstić information content (AvgIpc) is 3.35. The number of nitrogens with two attached hydrogens (primary N) is 2. The normalized spacial score (nSPS) is 15.5. The third kappa shape index (κ3) is 5.34. The van der Waals surface area contributed by atoms with E-state index in [1.54, 1.807) is 6.07 Å². The van der Waals surface area contributed by atoms with Crippen molar-refractivity contribution in [3.63, 3.8) is 0 Å². The number of carbonyl (C=O) groups is 2. The first-order valence-electron chi connectivity index (χ1n) is 13.6. The molecule has 4 heterocycles. The smallest absolute Gasteiger partial charge is 0.340 e. The van der Waals surface area contributed by atoms with E-state index in [0.717, 1.165) is 22.1 Å². The minimum atomic E-state index is -1.57. The Morgan fingerprint density at radius 3 is 2.50 bits per heavy atom. The predicted molar refractivity (Wildman–Crippen MR) is 154 cm³/mol. The second-order valence-corrected chi connectivity index (χ2v) is 9.93. The van der Waals surface area contributed by atoms with Gasteiger partial charge >= 0.3 is 5.97 Å². The summed E-state index contributed by atoms with van der Waals surface area (Å²) in [5, 5.41) is 33.8. The molecule has 42 heavy (non-hydrogen) atoms. The van der Waals surface area contributed by atoms with Gasteiger partial charge in [-0.15, -0.1) is 0 Å². The Kier molecular flexibility index (Phi) is 8.97. The van der Waals surface area contributed by atoms with Crippen LogP contribution in [0.3, 0.4) is 0 Å². The van der Waals surface area contributed by atoms with E-state index in [9.17, 15) is 24.6 Å². The van der Waals surface area contributed by atoms with Crippen molar-refractivity contribution in [2.45, 2.75) is 53.5 Å². The largest absolute Gasteiger partial charge is 0.458 e. The number of nitrogens with one attached hydrogen (secondary N) is 1. The summed E-state index contributed by atoms with van der Waals surface area (Å²) in [6.07, 6.45) is -1.57. The van der Waals surface area contributed by atoms with Gasteiger partial charge in [-0.2, -0.15) is 0 Å². The minimum Gasteiger partial charge on any atom is -0.458 e. The average molecular weight is 581 g/mol. The molecule has 2 aliphatic rings. The van der Waals surface area contributed by atoms with Crippen molar-refractivity contribution < 1.29 is 29.6 Å². The Bertz CT molecular complexity index is 1660. The summed E-state index contributed by atoms with van der Waals surface area (Å²) in [5.41, 5.74) is 11.4. The van der Waals surface area contributed by atoms with E-state index in [4.69, 9.17) is 26.4 Å². The van der Waals surface area contributed by atoms with E-state index in [2.05, 4.69) is 5.32 Å². The number of benzene rings is 1. The Labute approximate surface area is 242 Å². The van der Waals surface area contributed by atoms with Crippen LogP contribution in [-0.4, -0.2) is 61.5 Å². The Morgan fingerprint density at radius 1 is 1.14 bits per heavy atom. The molecule has 8 N–H and O–H groups in total. The number of aliphatic hydroxyl groups is 3. The summed E-state index contributed by atoms with van der Waals surface area (Å²) in [5.74, 6) is 5.01. The van der Waals surface area contributed by atoms with Gasteiger partial charge in [-0.25, -0.2) is 15.6 Å². The molecule has 0 bridgehead atoms. The lowest BCUT2D eigenvalue weighted by Crippen LogP contribution is -2.40. The summed E-state index contributed by atoms with van der Waals surface area (Å²) in [7, 11) is 0. The molecule has 1 atom stereocenters. The van der Waals surface area contributed by atoms with Gasteiger partial charge in [-0.05, 0) is 48.7 Å². The number of rotatable bonds is 7. The second kappa shape index (κ2) is 12.3. The molecular formula is C29H36N6O7. The summed E-state index contributed by atoms with van der Waals surface area (Å²) in [6, 6.07) is 5.53. The number of fused-ring (bicyclic) bond motifs is 5. The van der Waals surface area contributed by atoms with Gasteiger partial charge in [0.25, 0.3) is 5.56 Å². The Morgan fingerprint density at radius 2 is 1.83 bits per heavy atom. The molecule has 0 aliphatic carbocycles. The van der Waals surface area contributed by atoms with E-state index < -0.39 is 31.2 Å². The molecule has 1 unspecified atom stereocenters. The second-order valence-electron chi connectivity index (χ2n) is 9.93. The standard InChI is InChI=1S/C27H30N6O7.C2H6/c1-12-3-14-16(8-33(29)22(19(28)9-34)6-30-23(36)10-35)17-7-32-21(24(17)31-20(14)4-13(12)2)5-15-18(26(32)38)11-40-27(39)25(15)37;1-2/h3-5,25,34-35,37H,6-11,28-29H2,1-2H3,(H,30,36);1-2H3/b22-19-;. The predicted octanol–water partition coefficient (Wildman–Crippen LogP) is 0.105. The molecule has 0 saturated heterocycles. The lowest BCUT2D eigenvalue weighted by atomic mass is 9.96. The number of carbonyl (C=O) groups excluding carboxylic acids is 2. The number of esters is 1. The highest BCUT2D eigenvalue weighted by atomic mass is 16.5. The van der Waals surface area contributed by atoms with Crippen molar-refractivity contribution in [2.75, 3.05) is 19.8 Å². The molecule has 13 nitrogen and oxygen atoms in total. The number of aryl methyl sites for hydroxylation is 2. The van der Waals surface area contributed by atoms with E-state index in [-0.39, 0.29) is 54.3 Å². The highest BCUT2D eigenvalue weighted by Gasteiger charge is 2.35. The zero-order chi connectivity index (χ0) is 30.9. The van der Waals surface area contributed by atoms with Crippen molar-refractivity contribution in [3.05, 3.63) is 73.3 Å². The number of ether oxygens (including phenoxy) is 1. The van der Waals surface area contributed by atoms with Crippen LogP contribution >= 0.6 is 0 Å². The number of cyclic esters (lactones) is 1. The van der Waals surface area contributed by atoms with Gasteiger partial charge in [-0.1, -0.05) is 13.8 Å². The zero-order valence-corrected chi connectivity index (χ0v) is 24.0. The number of nitrogens with zero attached hydrogens (tertiary/aromatic N) is 3. The van der Waals surface area contributed by atoms with Crippen molar-refractivity contribution in [3.8, 4) is 11.4 Å². The first-order valence-corrected chi connectivity index (χ1v) is 13.6. The van der Waals surface area contributed by atoms with Crippen LogP contribution in [0, 0.1) is 13.8 Å². The number of hydrogen-bond acceptors (Lipinski definition) is 11. The van der Waals surface area contributed by atoms with Crippen molar-refractivity contribution in [1.82, 2.24) is 19.9 Å². The topological polar surface area (TPSA) is 206 Å². The summed E-state index contributed by atoms with van der Waals surface area (Å²) >= 11 is 0. The summed E-state index contributed by atoms with van der Waals surface area (Å²) < 4.78 is 6.52. The lowest BCUT2D eigenvalue weighted by molar-refractivity contribution is -0.157. The monoisotopic (exact) mass is 580 g/mol. The SMILES string of the molecule is CC.Cc1cc2nc3c(c(CN(N)/C(CNC(=O)CO)=C(\N)CO)c2cc1C)Cn1c-3cc2c(c1=O)COC(=O)C2O. The highest BCUT2D eigenvalue weighted by Crippen LogP contribution is 2.39. The van der Waals surface area contributed by atoms with Gasteiger partial charge in [0.05, 0.1) is 60.1 Å². The number of aromatic nitrogens is 2. The van der Waals surface area contributed by atoms with E-state index >= 15 is 0 Å². The van der Waals surface area contributed by atoms with Crippen LogP contribution in [-0.2, 0) is 34.0 Å². The van der Waals surface area contributed by atoms with Crippen LogP contribution in [0.25, 0.3) is 22.3 Å². The molecule has 224 valence electrons. The maximum absolute atomic E-state index is 13.5. The Balaban J connectivity index is 0.00000198. The van der Waals surface area contributed by atoms with Crippen LogP contribution in [0.15, 0.2) is 34.4 Å². The third-order valence-electron chi connectivity index (χ3n) is 7.50. The molecule has 2 aromatic heterocycles. The van der Waals surface area contributed by atoms with E-state index in [1.807, 2.05) is 39.8 Å². The van der Waals surface area contributed by atoms with Gasteiger partial charge in [-0.3, -0.25) is 9.59 Å². The van der Waals surface area contributed by atoms with Crippen LogP contribution < -0.4 is 22.5 Å². The molecule has 5 rings (SSSR count). The fraction of sp³-hybridized carbons (Fsp3) is 0.379. The van der Waals surface area contributed by atoms with Crippen LogP contribution in [0.2, 0.25) is 0 Å². The molecule has 1 amide bonds. The first kappa shape index (κ1) is 30.7. The van der Waals surface area contributed by atoms with Crippen molar-refractivity contribution in [2.24, 2.45) is 11.6 Å². The van der Waals surface area contributed by atoms with E-state index in [1.165, 1.54) is 9.58 Å². The zero-order valence-electron chi connectivity index (χ0n) is 24.0. The van der Waals surface area contributed by atoms with E-state index in [0.29, 0.717) is 22.5 Å². The van der Waals surface area contributed by atoms with Crippen molar-refractivity contribution in [1.29, 1.82) is 0 Å². The molecule has 2 aliphatic heterocycles. The van der Waals surface area contributed by atoms with Gasteiger partial charge in [0.2, 0.25) is 5.91 Å². The molecule has 13 heteroatoms. The number of aliphatic hydroxyl groups excluding tert-OH is 3. The molecule has 0 saturated carbocycles. The van der Waals surface area contributed by atoms with Crippen LogP contribution in [0.1, 0.15) is 53.3 Å². The number of pyridine rings is 2. The molecule has 0 fully saturated rings.